The van der Waals surface area contributed by atoms with Crippen LogP contribution in [0.15, 0.2) is 0 Å². The second-order valence-electron chi connectivity index (χ2n) is 8.00. The van der Waals surface area contributed by atoms with Gasteiger partial charge in [0.2, 0.25) is 0 Å². The van der Waals surface area contributed by atoms with Crippen molar-refractivity contribution in [3.63, 3.8) is 0 Å². The Hall–Kier alpha value is -0.570. The van der Waals surface area contributed by atoms with E-state index in [0.717, 1.165) is 31.2 Å². The van der Waals surface area contributed by atoms with Crippen molar-refractivity contribution >= 4 is 5.97 Å². The standard InChI is InChI=1S/C17H31NO2/c1-12-9-13(2)11-14(10-12)18-8-6-7-15(18)16(19)20-17(3,4)5/h12-15H,6-11H2,1-5H3/t12?,13?,14?,15-/m0/s1. The molecule has 0 bridgehead atoms. The van der Waals surface area contributed by atoms with Crippen LogP contribution in [-0.2, 0) is 9.53 Å². The summed E-state index contributed by atoms with van der Waals surface area (Å²) >= 11 is 0. The molecule has 0 aromatic carbocycles. The Balaban J connectivity index is 2.01. The van der Waals surface area contributed by atoms with E-state index >= 15 is 0 Å². The van der Waals surface area contributed by atoms with E-state index in [9.17, 15) is 4.79 Å². The molecule has 0 radical (unpaired) electrons. The molecule has 3 nitrogen and oxygen atoms in total. The molecular formula is C17H31NO2. The molecule has 1 heterocycles. The third-order valence-electron chi connectivity index (χ3n) is 4.60. The predicted octanol–water partition coefficient (Wildman–Crippen LogP) is 3.62. The first-order valence-electron chi connectivity index (χ1n) is 8.25. The first-order chi connectivity index (χ1) is 9.26. The Kier molecular flexibility index (Phi) is 4.78. The van der Waals surface area contributed by atoms with Gasteiger partial charge in [-0.1, -0.05) is 13.8 Å². The lowest BCUT2D eigenvalue weighted by Gasteiger charge is -2.39. The number of carbonyl (C=O) groups is 1. The minimum Gasteiger partial charge on any atom is -0.459 e. The van der Waals surface area contributed by atoms with E-state index in [1.54, 1.807) is 0 Å². The summed E-state index contributed by atoms with van der Waals surface area (Å²) < 4.78 is 5.62. The summed E-state index contributed by atoms with van der Waals surface area (Å²) in [5.74, 6) is 1.55. The highest BCUT2D eigenvalue weighted by molar-refractivity contribution is 5.76. The zero-order chi connectivity index (χ0) is 14.9. The van der Waals surface area contributed by atoms with Crippen LogP contribution in [0.5, 0.6) is 0 Å². The molecule has 1 aliphatic carbocycles. The van der Waals surface area contributed by atoms with Crippen LogP contribution in [-0.4, -0.2) is 35.1 Å². The van der Waals surface area contributed by atoms with Gasteiger partial charge in [-0.3, -0.25) is 9.69 Å². The minimum absolute atomic E-state index is 0.00303. The topological polar surface area (TPSA) is 29.5 Å². The molecule has 20 heavy (non-hydrogen) atoms. The molecule has 0 amide bonds. The van der Waals surface area contributed by atoms with E-state index < -0.39 is 0 Å². The maximum atomic E-state index is 12.4. The Morgan fingerprint density at radius 2 is 1.70 bits per heavy atom. The molecule has 1 saturated carbocycles. The van der Waals surface area contributed by atoms with Crippen LogP contribution in [0.2, 0.25) is 0 Å². The summed E-state index contributed by atoms with van der Waals surface area (Å²) in [5, 5.41) is 0. The van der Waals surface area contributed by atoms with Crippen LogP contribution in [0, 0.1) is 11.8 Å². The van der Waals surface area contributed by atoms with Crippen LogP contribution in [0.25, 0.3) is 0 Å². The normalized spacial score (nSPS) is 36.0. The zero-order valence-corrected chi connectivity index (χ0v) is 13.8. The second kappa shape index (κ2) is 6.05. The van der Waals surface area contributed by atoms with Crippen molar-refractivity contribution in [1.29, 1.82) is 0 Å². The van der Waals surface area contributed by atoms with Gasteiger partial charge >= 0.3 is 5.97 Å². The quantitative estimate of drug-likeness (QED) is 0.724. The number of carbonyl (C=O) groups excluding carboxylic acids is 1. The summed E-state index contributed by atoms with van der Waals surface area (Å²) in [6, 6.07) is 0.575. The number of ether oxygens (including phenoxy) is 1. The molecule has 1 aliphatic heterocycles. The van der Waals surface area contributed by atoms with Crippen molar-refractivity contribution < 1.29 is 9.53 Å². The molecule has 3 atom stereocenters. The van der Waals surface area contributed by atoms with Gasteiger partial charge in [-0.15, -0.1) is 0 Å². The fraction of sp³-hybridized carbons (Fsp3) is 0.941. The van der Waals surface area contributed by atoms with E-state index in [1.807, 2.05) is 20.8 Å². The van der Waals surface area contributed by atoms with Crippen LogP contribution < -0.4 is 0 Å². The maximum absolute atomic E-state index is 12.4. The van der Waals surface area contributed by atoms with Crippen molar-refractivity contribution in [1.82, 2.24) is 4.90 Å². The molecule has 2 rings (SSSR count). The third kappa shape index (κ3) is 3.97. The van der Waals surface area contributed by atoms with Crippen molar-refractivity contribution in [2.45, 2.75) is 84.4 Å². The second-order valence-corrected chi connectivity index (χ2v) is 8.00. The van der Waals surface area contributed by atoms with Crippen molar-refractivity contribution in [3.05, 3.63) is 0 Å². The smallest absolute Gasteiger partial charge is 0.323 e. The molecule has 2 fully saturated rings. The van der Waals surface area contributed by atoms with E-state index in [2.05, 4.69) is 18.7 Å². The SMILES string of the molecule is CC1CC(C)CC(N2CCC[C@H]2C(=O)OC(C)(C)C)C1. The lowest BCUT2D eigenvalue weighted by atomic mass is 9.79. The highest BCUT2D eigenvalue weighted by Crippen LogP contribution is 2.35. The van der Waals surface area contributed by atoms with Gasteiger partial charge in [0.05, 0.1) is 0 Å². The lowest BCUT2D eigenvalue weighted by Crippen LogP contribution is -2.48. The van der Waals surface area contributed by atoms with Gasteiger partial charge < -0.3 is 4.74 Å². The largest absolute Gasteiger partial charge is 0.459 e. The van der Waals surface area contributed by atoms with Crippen molar-refractivity contribution in [2.24, 2.45) is 11.8 Å². The first-order valence-corrected chi connectivity index (χ1v) is 8.25. The van der Waals surface area contributed by atoms with Gasteiger partial charge in [0.15, 0.2) is 0 Å². The fourth-order valence-electron chi connectivity index (χ4n) is 4.02. The molecule has 116 valence electrons. The number of hydrogen-bond donors (Lipinski definition) is 0. The third-order valence-corrected chi connectivity index (χ3v) is 4.60. The fourth-order valence-corrected chi connectivity index (χ4v) is 4.02. The molecular weight excluding hydrogens is 250 g/mol. The number of nitrogens with zero attached hydrogens (tertiary/aromatic N) is 1. The monoisotopic (exact) mass is 281 g/mol. The Bertz CT molecular complexity index is 337. The highest BCUT2D eigenvalue weighted by Gasteiger charge is 2.39. The molecule has 2 aliphatic rings. The van der Waals surface area contributed by atoms with Crippen LogP contribution >= 0.6 is 0 Å². The minimum atomic E-state index is -0.376. The van der Waals surface area contributed by atoms with Gasteiger partial charge in [0.1, 0.15) is 11.6 Å². The molecule has 0 N–H and O–H groups in total. The number of likely N-dealkylation sites (tertiary alicyclic amines) is 1. The average molecular weight is 281 g/mol. The summed E-state index contributed by atoms with van der Waals surface area (Å²) in [6.45, 7) is 11.6. The zero-order valence-electron chi connectivity index (χ0n) is 13.8. The van der Waals surface area contributed by atoms with E-state index in [4.69, 9.17) is 4.74 Å². The number of esters is 1. The van der Waals surface area contributed by atoms with Crippen molar-refractivity contribution in [3.8, 4) is 0 Å². The Morgan fingerprint density at radius 3 is 2.25 bits per heavy atom. The van der Waals surface area contributed by atoms with E-state index in [1.165, 1.54) is 19.3 Å². The summed E-state index contributed by atoms with van der Waals surface area (Å²) in [7, 11) is 0. The van der Waals surface area contributed by atoms with E-state index in [-0.39, 0.29) is 17.6 Å². The van der Waals surface area contributed by atoms with Gasteiger partial charge in [-0.25, -0.2) is 0 Å². The van der Waals surface area contributed by atoms with Crippen LogP contribution in [0.1, 0.15) is 66.7 Å². The van der Waals surface area contributed by atoms with Crippen LogP contribution in [0.4, 0.5) is 0 Å². The summed E-state index contributed by atoms with van der Waals surface area (Å²) in [5.41, 5.74) is -0.376. The number of hydrogen-bond acceptors (Lipinski definition) is 3. The number of rotatable bonds is 2. The van der Waals surface area contributed by atoms with Crippen molar-refractivity contribution in [2.75, 3.05) is 6.54 Å². The summed E-state index contributed by atoms with van der Waals surface area (Å²) in [4.78, 5) is 14.9. The average Bonchev–Trinajstić information content (AvgIpc) is 2.73. The van der Waals surface area contributed by atoms with Gasteiger partial charge in [0.25, 0.3) is 0 Å². The predicted molar refractivity (Wildman–Crippen MR) is 81.5 cm³/mol. The van der Waals surface area contributed by atoms with Gasteiger partial charge in [-0.2, -0.15) is 0 Å². The molecule has 0 aromatic rings. The lowest BCUT2D eigenvalue weighted by molar-refractivity contribution is -0.161. The Morgan fingerprint density at radius 1 is 1.10 bits per heavy atom. The van der Waals surface area contributed by atoms with E-state index in [0.29, 0.717) is 6.04 Å². The highest BCUT2D eigenvalue weighted by atomic mass is 16.6. The van der Waals surface area contributed by atoms with Gasteiger partial charge in [0, 0.05) is 6.04 Å². The molecule has 3 heteroatoms. The molecule has 0 spiro atoms. The van der Waals surface area contributed by atoms with Crippen LogP contribution in [0.3, 0.4) is 0 Å². The molecule has 2 unspecified atom stereocenters. The van der Waals surface area contributed by atoms with Gasteiger partial charge in [-0.05, 0) is 71.3 Å². The maximum Gasteiger partial charge on any atom is 0.323 e. The first kappa shape index (κ1) is 15.8. The molecule has 1 saturated heterocycles. The molecule has 0 aromatic heterocycles. The Labute approximate surface area is 124 Å². The summed E-state index contributed by atoms with van der Waals surface area (Å²) in [6.07, 6.45) is 5.91.